The fraction of sp³-hybridized carbons (Fsp3) is 0.278. The molecule has 0 saturated carbocycles. The number of hydrogen-bond donors (Lipinski definition) is 1. The maximum absolute atomic E-state index is 11.8. The molecule has 104 valence electrons. The second-order valence-electron chi connectivity index (χ2n) is 5.61. The molecule has 2 nitrogen and oxygen atoms in total. The lowest BCUT2D eigenvalue weighted by Gasteiger charge is -2.27. The van der Waals surface area contributed by atoms with Crippen LogP contribution in [0, 0.1) is 13.8 Å². The van der Waals surface area contributed by atoms with Crippen LogP contribution in [0.4, 0.5) is 0 Å². The molecule has 0 fully saturated rings. The summed E-state index contributed by atoms with van der Waals surface area (Å²) in [5.41, 5.74) is 3.23. The Morgan fingerprint density at radius 2 is 1.65 bits per heavy atom. The van der Waals surface area contributed by atoms with Crippen molar-refractivity contribution in [2.75, 3.05) is 0 Å². The van der Waals surface area contributed by atoms with Crippen molar-refractivity contribution in [3.63, 3.8) is 0 Å². The van der Waals surface area contributed by atoms with E-state index in [1.54, 1.807) is 6.92 Å². The van der Waals surface area contributed by atoms with Crippen molar-refractivity contribution in [3.8, 4) is 0 Å². The summed E-state index contributed by atoms with van der Waals surface area (Å²) >= 11 is 0. The Morgan fingerprint density at radius 3 is 2.20 bits per heavy atom. The van der Waals surface area contributed by atoms with E-state index in [1.807, 2.05) is 62.4 Å². The van der Waals surface area contributed by atoms with Crippen molar-refractivity contribution in [3.05, 3.63) is 70.8 Å². The van der Waals surface area contributed by atoms with Gasteiger partial charge in [0.2, 0.25) is 0 Å². The van der Waals surface area contributed by atoms with E-state index >= 15 is 0 Å². The van der Waals surface area contributed by atoms with Gasteiger partial charge in [-0.3, -0.25) is 4.79 Å². The van der Waals surface area contributed by atoms with Crippen molar-refractivity contribution >= 4 is 5.97 Å². The average Bonchev–Trinajstić information content (AvgIpc) is 2.41. The van der Waals surface area contributed by atoms with Gasteiger partial charge in [0.25, 0.3) is 0 Å². The highest BCUT2D eigenvalue weighted by Crippen LogP contribution is 2.31. The van der Waals surface area contributed by atoms with Gasteiger partial charge in [-0.15, -0.1) is 0 Å². The van der Waals surface area contributed by atoms with Gasteiger partial charge in [0, 0.05) is 0 Å². The van der Waals surface area contributed by atoms with Crippen LogP contribution in [0.3, 0.4) is 0 Å². The van der Waals surface area contributed by atoms with Gasteiger partial charge in [0.05, 0.1) is 5.41 Å². The van der Waals surface area contributed by atoms with E-state index in [0.29, 0.717) is 6.42 Å². The number of carboxylic acid groups (broad SMARTS) is 1. The quantitative estimate of drug-likeness (QED) is 0.913. The van der Waals surface area contributed by atoms with Crippen LogP contribution < -0.4 is 0 Å². The smallest absolute Gasteiger partial charge is 0.314 e. The van der Waals surface area contributed by atoms with Crippen LogP contribution in [0.15, 0.2) is 48.5 Å². The lowest BCUT2D eigenvalue weighted by molar-refractivity contribution is -0.143. The van der Waals surface area contributed by atoms with Gasteiger partial charge < -0.3 is 5.11 Å². The fourth-order valence-electron chi connectivity index (χ4n) is 2.59. The third-order valence-corrected chi connectivity index (χ3v) is 3.89. The standard InChI is InChI=1S/C18H20O2/c1-13-8-10-15(11-9-13)12-18(3,17(19)20)16-7-5-4-6-14(16)2/h4-11H,12H2,1-3H3,(H,19,20). The normalized spacial score (nSPS) is 13.8. The summed E-state index contributed by atoms with van der Waals surface area (Å²) in [4.78, 5) is 11.8. The topological polar surface area (TPSA) is 37.3 Å². The van der Waals surface area contributed by atoms with Gasteiger partial charge in [-0.1, -0.05) is 54.1 Å². The van der Waals surface area contributed by atoms with Gasteiger partial charge in [0.15, 0.2) is 0 Å². The molecule has 2 aromatic carbocycles. The lowest BCUT2D eigenvalue weighted by Crippen LogP contribution is -2.35. The Hall–Kier alpha value is -2.09. The molecule has 2 rings (SSSR count). The first-order chi connectivity index (χ1) is 9.43. The molecule has 0 aliphatic heterocycles. The van der Waals surface area contributed by atoms with Crippen molar-refractivity contribution in [1.82, 2.24) is 0 Å². The molecule has 20 heavy (non-hydrogen) atoms. The number of carboxylic acids is 1. The van der Waals surface area contributed by atoms with Crippen molar-refractivity contribution < 1.29 is 9.90 Å². The van der Waals surface area contributed by atoms with Gasteiger partial charge in [0.1, 0.15) is 0 Å². The first-order valence-electron chi connectivity index (χ1n) is 6.78. The monoisotopic (exact) mass is 268 g/mol. The average molecular weight is 268 g/mol. The van der Waals surface area contributed by atoms with Crippen molar-refractivity contribution in [2.24, 2.45) is 0 Å². The number of benzene rings is 2. The van der Waals surface area contributed by atoms with Crippen LogP contribution in [-0.2, 0) is 16.6 Å². The summed E-state index contributed by atoms with van der Waals surface area (Å²) in [6.45, 7) is 5.80. The molecule has 0 saturated heterocycles. The molecule has 2 aromatic rings. The van der Waals surface area contributed by atoms with Crippen LogP contribution >= 0.6 is 0 Å². The molecule has 0 amide bonds. The highest BCUT2D eigenvalue weighted by Gasteiger charge is 2.36. The number of aliphatic carboxylic acids is 1. The maximum atomic E-state index is 11.8. The zero-order valence-corrected chi connectivity index (χ0v) is 12.2. The fourth-order valence-corrected chi connectivity index (χ4v) is 2.59. The Labute approximate surface area is 120 Å². The van der Waals surface area contributed by atoms with E-state index in [4.69, 9.17) is 0 Å². The van der Waals surface area contributed by atoms with Crippen LogP contribution in [0.25, 0.3) is 0 Å². The summed E-state index contributed by atoms with van der Waals surface area (Å²) < 4.78 is 0. The third kappa shape index (κ3) is 2.74. The van der Waals surface area contributed by atoms with Gasteiger partial charge >= 0.3 is 5.97 Å². The summed E-state index contributed by atoms with van der Waals surface area (Å²) in [7, 11) is 0. The Kier molecular flexibility index (Phi) is 3.93. The largest absolute Gasteiger partial charge is 0.481 e. The predicted molar refractivity (Wildman–Crippen MR) is 81.0 cm³/mol. The summed E-state index contributed by atoms with van der Waals surface area (Å²) in [5, 5.41) is 9.73. The molecule has 0 bridgehead atoms. The van der Waals surface area contributed by atoms with Crippen molar-refractivity contribution in [1.29, 1.82) is 0 Å². The zero-order chi connectivity index (χ0) is 14.8. The second-order valence-corrected chi connectivity index (χ2v) is 5.61. The zero-order valence-electron chi connectivity index (χ0n) is 12.2. The van der Waals surface area contributed by atoms with Crippen LogP contribution in [0.2, 0.25) is 0 Å². The molecule has 1 N–H and O–H groups in total. The molecule has 1 atom stereocenters. The molecule has 1 unspecified atom stereocenters. The van der Waals surface area contributed by atoms with E-state index in [1.165, 1.54) is 5.56 Å². The van der Waals surface area contributed by atoms with Gasteiger partial charge in [-0.05, 0) is 43.9 Å². The Morgan fingerprint density at radius 1 is 1.05 bits per heavy atom. The number of rotatable bonds is 4. The third-order valence-electron chi connectivity index (χ3n) is 3.89. The molecule has 0 spiro atoms. The van der Waals surface area contributed by atoms with E-state index < -0.39 is 11.4 Å². The van der Waals surface area contributed by atoms with Crippen molar-refractivity contribution in [2.45, 2.75) is 32.6 Å². The molecule has 0 aliphatic rings. The minimum atomic E-state index is -0.902. The molecular weight excluding hydrogens is 248 g/mol. The van der Waals surface area contributed by atoms with E-state index in [9.17, 15) is 9.90 Å². The second kappa shape index (κ2) is 5.49. The molecule has 0 heterocycles. The highest BCUT2D eigenvalue weighted by atomic mass is 16.4. The SMILES string of the molecule is Cc1ccc(CC(C)(C(=O)O)c2ccccc2C)cc1. The molecule has 0 aromatic heterocycles. The highest BCUT2D eigenvalue weighted by molar-refractivity contribution is 5.81. The van der Waals surface area contributed by atoms with Crippen LogP contribution in [0.1, 0.15) is 29.2 Å². The lowest BCUT2D eigenvalue weighted by atomic mass is 9.75. The van der Waals surface area contributed by atoms with E-state index in [2.05, 4.69) is 0 Å². The first-order valence-corrected chi connectivity index (χ1v) is 6.78. The molecule has 0 aliphatic carbocycles. The Bertz CT molecular complexity index is 614. The van der Waals surface area contributed by atoms with E-state index in [-0.39, 0.29) is 0 Å². The first kappa shape index (κ1) is 14.3. The van der Waals surface area contributed by atoms with Gasteiger partial charge in [-0.25, -0.2) is 0 Å². The number of aryl methyl sites for hydroxylation is 2. The number of hydrogen-bond acceptors (Lipinski definition) is 1. The molecule has 2 heteroatoms. The minimum absolute atomic E-state index is 0.494. The number of carbonyl (C=O) groups is 1. The predicted octanol–water partition coefficient (Wildman–Crippen LogP) is 3.89. The summed E-state index contributed by atoms with van der Waals surface area (Å²) in [5.74, 6) is -0.785. The Balaban J connectivity index is 2.43. The molecular formula is C18H20O2. The minimum Gasteiger partial charge on any atom is -0.481 e. The maximum Gasteiger partial charge on any atom is 0.314 e. The summed E-state index contributed by atoms with van der Waals surface area (Å²) in [6.07, 6.45) is 0.494. The van der Waals surface area contributed by atoms with E-state index in [0.717, 1.165) is 16.7 Å². The van der Waals surface area contributed by atoms with Gasteiger partial charge in [-0.2, -0.15) is 0 Å². The van der Waals surface area contributed by atoms with Crippen LogP contribution in [0.5, 0.6) is 0 Å². The van der Waals surface area contributed by atoms with Crippen LogP contribution in [-0.4, -0.2) is 11.1 Å². The summed E-state index contributed by atoms with van der Waals surface area (Å²) in [6, 6.07) is 15.8. The molecule has 0 radical (unpaired) electrons.